The molecule has 0 bridgehead atoms. The lowest BCUT2D eigenvalue weighted by atomic mass is 9.98. The summed E-state index contributed by atoms with van der Waals surface area (Å²) >= 11 is 0. The number of carbonyl (C=O) groups is 3. The summed E-state index contributed by atoms with van der Waals surface area (Å²) in [6, 6.07) is 23.6. The van der Waals surface area contributed by atoms with Crippen molar-refractivity contribution in [2.24, 2.45) is 0 Å². The number of anilines is 2. The summed E-state index contributed by atoms with van der Waals surface area (Å²) in [7, 11) is -4.17. The van der Waals surface area contributed by atoms with E-state index < -0.39 is 39.5 Å². The molecule has 4 N–H and O–H groups in total. The van der Waals surface area contributed by atoms with E-state index in [1.165, 1.54) is 38.5 Å². The molecule has 3 amide bonds. The molecule has 10 nitrogen and oxygen atoms in total. The first-order valence-corrected chi connectivity index (χ1v) is 41.8. The first-order valence-electron chi connectivity index (χ1n) is 37.3. The second-order valence-corrected chi connectivity index (χ2v) is 42.6. The van der Waals surface area contributed by atoms with Gasteiger partial charge in [0.25, 0.3) is 0 Å². The maximum atomic E-state index is 13.5. The number of benzene rings is 5. The Hall–Kier alpha value is -8.34. The predicted octanol–water partition coefficient (Wildman–Crippen LogP) is 21.7. The number of carbonyl (C=O) groups excluding carboxylic acids is 3. The van der Waals surface area contributed by atoms with E-state index in [1.807, 2.05) is 130 Å². The number of aliphatic hydroxyl groups excluding tert-OH is 1. The number of aliphatic hydroxyl groups is 1. The average molecular weight is 1410 g/mol. The Morgan fingerprint density at radius 1 is 0.422 bits per heavy atom. The molecule has 0 aromatic heterocycles. The van der Waals surface area contributed by atoms with Crippen LogP contribution in [0.2, 0.25) is 33.2 Å². The monoisotopic (exact) mass is 1410 g/mol. The van der Waals surface area contributed by atoms with Gasteiger partial charge in [-0.05, 0) is 210 Å². The zero-order valence-electron chi connectivity index (χ0n) is 66.2. The van der Waals surface area contributed by atoms with Gasteiger partial charge in [0.2, 0.25) is 5.91 Å². The average Bonchev–Trinajstić information content (AvgIpc) is 0.806. The summed E-state index contributed by atoms with van der Waals surface area (Å²) in [6.45, 7) is 49.3. The van der Waals surface area contributed by atoms with Crippen molar-refractivity contribution in [2.45, 2.75) is 281 Å². The smallest absolute Gasteiger partial charge is 0.412 e. The number of aryl methyl sites for hydroxylation is 4. The number of ether oxygens (including phenoxy) is 3. The van der Waals surface area contributed by atoms with Gasteiger partial charge in [0.05, 0.1) is 17.7 Å². The van der Waals surface area contributed by atoms with E-state index in [2.05, 4.69) is 188 Å². The van der Waals surface area contributed by atoms with E-state index >= 15 is 0 Å². The van der Waals surface area contributed by atoms with Gasteiger partial charge < -0.3 is 24.6 Å². The molecule has 544 valence electrons. The molecule has 0 spiro atoms. The van der Waals surface area contributed by atoms with E-state index in [4.69, 9.17) is 14.2 Å². The van der Waals surface area contributed by atoms with Crippen molar-refractivity contribution in [3.05, 3.63) is 156 Å². The number of nitrogens with one attached hydrogen (secondary N) is 3. The Morgan fingerprint density at radius 3 is 1.08 bits per heavy atom. The molecule has 0 heterocycles. The quantitative estimate of drug-likeness (QED) is 0.0274. The van der Waals surface area contributed by atoms with E-state index in [9.17, 15) is 19.5 Å². The fourth-order valence-corrected chi connectivity index (χ4v) is 24.2. The van der Waals surface area contributed by atoms with Gasteiger partial charge in [-0.2, -0.15) is 0 Å². The standard InChI is InChI=1S/C90H119N3O7Si2/c1-24-25-26-27-28-29-30-31-32-34-85(95)91-61-76-55-81(41-39-79-51-68(14)77(49-70(79)16)37-35-72-53-74(43-47-101(62(2)3,63(4)5)64(6)7)59-83(57-72)92-87(96)99-89(18,19)20)86(98-46-33-45-94)82(56-76)42-40-80-52-69(15)78(50-71(80)17)38-36-73-54-75(44-48-102(65(8)9,66(10)11)67(12)13)60-84(58-73)93-88(97)100-90(21,22)23/h49-60,62-67,94H,24-34,45-46,61H2,1-23H3,(H,91,95)(H,92,96)(H,93,97). The van der Waals surface area contributed by atoms with Gasteiger partial charge in [-0.25, -0.2) is 9.59 Å². The van der Waals surface area contributed by atoms with Gasteiger partial charge in [-0.1, -0.05) is 201 Å². The molecule has 0 aliphatic heterocycles. The largest absolute Gasteiger partial charge is 0.491 e. The lowest BCUT2D eigenvalue weighted by molar-refractivity contribution is -0.121. The molecule has 0 radical (unpaired) electrons. The van der Waals surface area contributed by atoms with Gasteiger partial charge in [-0.3, -0.25) is 15.4 Å². The molecule has 12 heteroatoms. The molecule has 0 saturated carbocycles. The van der Waals surface area contributed by atoms with E-state index in [-0.39, 0.29) is 25.7 Å². The molecule has 5 aromatic rings. The van der Waals surface area contributed by atoms with Crippen LogP contribution in [0.15, 0.2) is 72.8 Å². The molecule has 0 fully saturated rings. The fourth-order valence-electron chi connectivity index (χ4n) is 13.7. The van der Waals surface area contributed by atoms with Crippen molar-refractivity contribution in [2.75, 3.05) is 23.8 Å². The van der Waals surface area contributed by atoms with Crippen LogP contribution < -0.4 is 20.7 Å². The minimum Gasteiger partial charge on any atom is -0.491 e. The number of unbranched alkanes of at least 4 members (excludes halogenated alkanes) is 8. The molecule has 5 aromatic carbocycles. The minimum atomic E-state index is -2.09. The third-order valence-corrected chi connectivity index (χ3v) is 31.5. The van der Waals surface area contributed by atoms with Gasteiger partial charge in [0.1, 0.15) is 27.3 Å². The zero-order chi connectivity index (χ0) is 75.7. The highest BCUT2D eigenvalue weighted by Crippen LogP contribution is 2.42. The molecular formula is C90H119N3O7Si2. The second kappa shape index (κ2) is 39.3. The number of hydrogen-bond acceptors (Lipinski definition) is 7. The van der Waals surface area contributed by atoms with Crippen LogP contribution in [0.3, 0.4) is 0 Å². The lowest BCUT2D eigenvalue weighted by Crippen LogP contribution is -2.43. The van der Waals surface area contributed by atoms with Crippen molar-refractivity contribution in [3.8, 4) is 76.0 Å². The van der Waals surface area contributed by atoms with Crippen molar-refractivity contribution >= 4 is 45.6 Å². The third kappa shape index (κ3) is 25.9. The Kier molecular flexibility index (Phi) is 32.5. The third-order valence-electron chi connectivity index (χ3n) is 18.9. The second-order valence-electron chi connectivity index (χ2n) is 31.4. The Morgan fingerprint density at radius 2 is 0.745 bits per heavy atom. The predicted molar refractivity (Wildman–Crippen MR) is 432 cm³/mol. The highest BCUT2D eigenvalue weighted by atomic mass is 28.3. The van der Waals surface area contributed by atoms with Crippen LogP contribution in [-0.2, 0) is 20.8 Å². The van der Waals surface area contributed by atoms with Crippen molar-refractivity contribution in [1.29, 1.82) is 0 Å². The summed E-state index contributed by atoms with van der Waals surface area (Å²) in [4.78, 5) is 39.7. The van der Waals surface area contributed by atoms with Crippen LogP contribution in [0.25, 0.3) is 0 Å². The Labute approximate surface area is 618 Å². The summed E-state index contributed by atoms with van der Waals surface area (Å²) in [5.74, 6) is 35.2. The SMILES string of the molecule is CCCCCCCCCCCC(=O)NCc1cc(C#Cc2cc(C)c(C#Cc3cc(C#C[Si](C(C)C)(C(C)C)C(C)C)cc(NC(=O)OC(C)(C)C)c3)cc2C)c(OCCCO)c(C#Cc2cc(C)c(C#Cc3cc(C#C[Si](C(C)C)(C(C)C)C(C)C)cc(NC(=O)OC(C)(C)C)c3)cc2C)c1. The highest BCUT2D eigenvalue weighted by molar-refractivity contribution is 6.91. The van der Waals surface area contributed by atoms with E-state index in [0.29, 0.717) is 85.5 Å². The van der Waals surface area contributed by atoms with Gasteiger partial charge in [0.15, 0.2) is 5.75 Å². The summed E-state index contributed by atoms with van der Waals surface area (Å²) in [5, 5.41) is 19.1. The van der Waals surface area contributed by atoms with Crippen molar-refractivity contribution in [1.82, 2.24) is 5.32 Å². The highest BCUT2D eigenvalue weighted by Gasteiger charge is 2.43. The fraction of sp³-hybridized carbons (Fsp3) is 0.500. The zero-order valence-corrected chi connectivity index (χ0v) is 68.2. The van der Waals surface area contributed by atoms with E-state index in [0.717, 1.165) is 80.5 Å². The van der Waals surface area contributed by atoms with Gasteiger partial charge in [-0.15, -0.1) is 11.1 Å². The lowest BCUT2D eigenvalue weighted by Gasteiger charge is -2.38. The molecule has 0 aliphatic rings. The van der Waals surface area contributed by atoms with Crippen molar-refractivity contribution in [3.63, 3.8) is 0 Å². The van der Waals surface area contributed by atoms with Crippen LogP contribution in [0, 0.1) is 98.0 Å². The topological polar surface area (TPSA) is 135 Å². The molecule has 102 heavy (non-hydrogen) atoms. The first-order chi connectivity index (χ1) is 48.0. The maximum Gasteiger partial charge on any atom is 0.412 e. The van der Waals surface area contributed by atoms with Crippen LogP contribution in [0.5, 0.6) is 5.75 Å². The normalized spacial score (nSPS) is 11.5. The summed E-state index contributed by atoms with van der Waals surface area (Å²) in [5.41, 5.74) is 22.0. The first kappa shape index (κ1) is 84.3. The summed E-state index contributed by atoms with van der Waals surface area (Å²) < 4.78 is 17.9. The Bertz CT molecular complexity index is 3860. The summed E-state index contributed by atoms with van der Waals surface area (Å²) in [6.07, 6.45) is 10.3. The van der Waals surface area contributed by atoms with Gasteiger partial charge in [0, 0.05) is 81.9 Å². The molecule has 0 saturated heterocycles. The van der Waals surface area contributed by atoms with Crippen LogP contribution in [0.1, 0.15) is 286 Å². The molecular weight excluding hydrogens is 1290 g/mol. The number of hydrogen-bond donors (Lipinski definition) is 4. The number of amides is 3. The van der Waals surface area contributed by atoms with Gasteiger partial charge >= 0.3 is 12.2 Å². The molecule has 0 aliphatic carbocycles. The van der Waals surface area contributed by atoms with Crippen LogP contribution in [0.4, 0.5) is 21.0 Å². The molecule has 0 atom stereocenters. The Balaban J connectivity index is 1.61. The number of rotatable bonds is 24. The minimum absolute atomic E-state index is 0.00595. The molecule has 0 unspecified atom stereocenters. The van der Waals surface area contributed by atoms with Crippen LogP contribution in [-0.4, -0.2) is 63.8 Å². The van der Waals surface area contributed by atoms with Crippen LogP contribution >= 0.6 is 0 Å². The maximum absolute atomic E-state index is 13.5. The van der Waals surface area contributed by atoms with E-state index in [1.54, 1.807) is 0 Å². The van der Waals surface area contributed by atoms with Crippen molar-refractivity contribution < 1.29 is 33.7 Å². The molecule has 5 rings (SSSR count).